The van der Waals surface area contributed by atoms with Crippen molar-refractivity contribution < 1.29 is 9.53 Å². The van der Waals surface area contributed by atoms with Gasteiger partial charge in [-0.2, -0.15) is 5.10 Å². The molecule has 0 unspecified atom stereocenters. The van der Waals surface area contributed by atoms with Gasteiger partial charge in [-0.3, -0.25) is 4.68 Å². The first-order valence-corrected chi connectivity index (χ1v) is 8.24. The van der Waals surface area contributed by atoms with E-state index in [0.717, 1.165) is 11.1 Å². The lowest BCUT2D eigenvalue weighted by atomic mass is 10.2. The van der Waals surface area contributed by atoms with E-state index >= 15 is 0 Å². The smallest absolute Gasteiger partial charge is 0.357 e. The molecule has 0 N–H and O–H groups in total. The molecule has 0 amide bonds. The molecule has 118 valence electrons. The van der Waals surface area contributed by atoms with Crippen LogP contribution < -0.4 is 0 Å². The number of esters is 1. The number of thiazole rings is 1. The summed E-state index contributed by atoms with van der Waals surface area (Å²) < 4.78 is 6.97. The largest absolute Gasteiger partial charge is 0.461 e. The van der Waals surface area contributed by atoms with Gasteiger partial charge in [0.05, 0.1) is 17.8 Å². The van der Waals surface area contributed by atoms with E-state index in [0.29, 0.717) is 28.8 Å². The van der Waals surface area contributed by atoms with Crippen molar-refractivity contribution in [3.8, 4) is 10.6 Å². The van der Waals surface area contributed by atoms with Crippen molar-refractivity contribution in [2.24, 2.45) is 7.05 Å². The molecule has 2 aromatic heterocycles. The number of rotatable bonds is 5. The van der Waals surface area contributed by atoms with Crippen molar-refractivity contribution in [1.29, 1.82) is 0 Å². The Bertz CT molecular complexity index is 828. The van der Waals surface area contributed by atoms with Crippen molar-refractivity contribution in [2.75, 3.05) is 6.61 Å². The lowest BCUT2D eigenvalue weighted by Crippen LogP contribution is -2.08. The number of aromatic nitrogens is 3. The molecule has 3 rings (SSSR count). The lowest BCUT2D eigenvalue weighted by Gasteiger charge is -2.01. The van der Waals surface area contributed by atoms with Crippen LogP contribution in [0.1, 0.15) is 16.1 Å². The number of halogens is 1. The van der Waals surface area contributed by atoms with Crippen LogP contribution in [0.5, 0.6) is 0 Å². The van der Waals surface area contributed by atoms with Crippen LogP contribution in [-0.4, -0.2) is 27.3 Å². The van der Waals surface area contributed by atoms with Crippen molar-refractivity contribution >= 4 is 28.9 Å². The first-order chi connectivity index (χ1) is 11.1. The fourth-order valence-corrected chi connectivity index (χ4v) is 3.17. The van der Waals surface area contributed by atoms with E-state index in [9.17, 15) is 4.79 Å². The minimum atomic E-state index is -0.427. The number of benzene rings is 1. The highest BCUT2D eigenvalue weighted by Crippen LogP contribution is 2.30. The Labute approximate surface area is 142 Å². The topological polar surface area (TPSA) is 57.0 Å². The Hall–Kier alpha value is -2.18. The molecule has 2 heterocycles. The van der Waals surface area contributed by atoms with Gasteiger partial charge >= 0.3 is 5.97 Å². The number of nitrogens with zero attached hydrogens (tertiary/aromatic N) is 3. The van der Waals surface area contributed by atoms with Crippen molar-refractivity contribution in [2.45, 2.75) is 6.42 Å². The van der Waals surface area contributed by atoms with Crippen LogP contribution in [-0.2, 0) is 18.2 Å². The molecule has 0 saturated heterocycles. The molecule has 0 radical (unpaired) electrons. The Kier molecular flexibility index (Phi) is 4.73. The van der Waals surface area contributed by atoms with Gasteiger partial charge in [0.25, 0.3) is 0 Å². The van der Waals surface area contributed by atoms with Gasteiger partial charge in [0.2, 0.25) is 0 Å². The molecular formula is C16H14ClN3O2S. The maximum atomic E-state index is 12.0. The number of carbonyl (C=O) groups excluding carboxylic acids is 1. The van der Waals surface area contributed by atoms with Crippen molar-refractivity contribution in [1.82, 2.24) is 14.8 Å². The molecular weight excluding hydrogens is 334 g/mol. The monoisotopic (exact) mass is 347 g/mol. The predicted octanol–water partition coefficient (Wildman–Crippen LogP) is 3.60. The van der Waals surface area contributed by atoms with Crippen LogP contribution >= 0.6 is 22.9 Å². The van der Waals surface area contributed by atoms with E-state index < -0.39 is 5.97 Å². The molecule has 0 bridgehead atoms. The summed E-state index contributed by atoms with van der Waals surface area (Å²) in [6, 6.07) is 7.41. The summed E-state index contributed by atoms with van der Waals surface area (Å²) in [5.41, 5.74) is 2.14. The first kappa shape index (κ1) is 15.7. The maximum Gasteiger partial charge on any atom is 0.357 e. The summed E-state index contributed by atoms with van der Waals surface area (Å²) >= 11 is 7.51. The van der Waals surface area contributed by atoms with E-state index in [2.05, 4.69) is 10.1 Å². The van der Waals surface area contributed by atoms with E-state index in [4.69, 9.17) is 16.3 Å². The van der Waals surface area contributed by atoms with E-state index in [1.807, 2.05) is 31.4 Å². The van der Waals surface area contributed by atoms with Crippen LogP contribution in [0.4, 0.5) is 0 Å². The Morgan fingerprint density at radius 2 is 2.22 bits per heavy atom. The second-order valence-electron chi connectivity index (χ2n) is 4.93. The fraction of sp³-hybridized carbons (Fsp3) is 0.188. The standard InChI is InChI=1S/C16H14ClN3O2S/c1-20-9-11(8-18-20)6-7-22-16(21)14-10-23-15(19-14)12-4-2-3-5-13(12)17/h2-5,8-10H,6-7H2,1H3. The fourth-order valence-electron chi connectivity index (χ4n) is 2.06. The SMILES string of the molecule is Cn1cc(CCOC(=O)c2csc(-c3ccccc3Cl)n2)cn1. The Balaban J connectivity index is 1.61. The molecule has 3 aromatic rings. The number of hydrogen-bond acceptors (Lipinski definition) is 5. The highest BCUT2D eigenvalue weighted by molar-refractivity contribution is 7.13. The van der Waals surface area contributed by atoms with Gasteiger partial charge in [0, 0.05) is 30.6 Å². The third-order valence-corrected chi connectivity index (χ3v) is 4.40. The molecule has 0 saturated carbocycles. The second-order valence-corrected chi connectivity index (χ2v) is 6.19. The third-order valence-electron chi connectivity index (χ3n) is 3.20. The summed E-state index contributed by atoms with van der Waals surface area (Å²) in [7, 11) is 1.85. The summed E-state index contributed by atoms with van der Waals surface area (Å²) in [6.07, 6.45) is 4.28. The van der Waals surface area contributed by atoms with E-state index in [1.54, 1.807) is 22.3 Å². The summed E-state index contributed by atoms with van der Waals surface area (Å²) in [6.45, 7) is 0.295. The van der Waals surface area contributed by atoms with Crippen LogP contribution in [0.25, 0.3) is 10.6 Å². The van der Waals surface area contributed by atoms with Crippen LogP contribution in [0.15, 0.2) is 42.0 Å². The zero-order valence-electron chi connectivity index (χ0n) is 12.4. The molecule has 1 aromatic carbocycles. The molecule has 23 heavy (non-hydrogen) atoms. The van der Waals surface area contributed by atoms with Gasteiger partial charge in [-0.05, 0) is 11.6 Å². The zero-order valence-corrected chi connectivity index (χ0v) is 14.0. The Morgan fingerprint density at radius 1 is 1.39 bits per heavy atom. The summed E-state index contributed by atoms with van der Waals surface area (Å²) in [5, 5.41) is 7.07. The quantitative estimate of drug-likeness (QED) is 0.662. The minimum absolute atomic E-state index is 0.295. The van der Waals surface area contributed by atoms with Crippen LogP contribution in [0.2, 0.25) is 5.02 Å². The average Bonchev–Trinajstić information content (AvgIpc) is 3.17. The van der Waals surface area contributed by atoms with Gasteiger partial charge < -0.3 is 4.74 Å². The number of carbonyl (C=O) groups is 1. The molecule has 0 aliphatic carbocycles. The zero-order chi connectivity index (χ0) is 16.2. The van der Waals surface area contributed by atoms with E-state index in [1.165, 1.54) is 11.3 Å². The number of hydrogen-bond donors (Lipinski definition) is 0. The number of aryl methyl sites for hydroxylation is 1. The Morgan fingerprint density at radius 3 is 2.96 bits per heavy atom. The highest BCUT2D eigenvalue weighted by Gasteiger charge is 2.14. The third kappa shape index (κ3) is 3.78. The minimum Gasteiger partial charge on any atom is -0.461 e. The average molecular weight is 348 g/mol. The number of ether oxygens (including phenoxy) is 1. The van der Waals surface area contributed by atoms with Gasteiger partial charge in [-0.15, -0.1) is 11.3 Å². The van der Waals surface area contributed by atoms with Crippen molar-refractivity contribution in [3.63, 3.8) is 0 Å². The molecule has 7 heteroatoms. The van der Waals surface area contributed by atoms with Gasteiger partial charge in [-0.1, -0.05) is 29.8 Å². The second kappa shape index (κ2) is 6.93. The molecule has 0 fully saturated rings. The lowest BCUT2D eigenvalue weighted by molar-refractivity contribution is 0.0503. The van der Waals surface area contributed by atoms with Gasteiger partial charge in [-0.25, -0.2) is 9.78 Å². The van der Waals surface area contributed by atoms with Gasteiger partial charge in [0.15, 0.2) is 5.69 Å². The predicted molar refractivity (Wildman–Crippen MR) is 89.8 cm³/mol. The molecule has 0 aliphatic heterocycles. The first-order valence-electron chi connectivity index (χ1n) is 6.98. The van der Waals surface area contributed by atoms with Crippen molar-refractivity contribution in [3.05, 3.63) is 58.3 Å². The van der Waals surface area contributed by atoms with Crippen LogP contribution in [0, 0.1) is 0 Å². The maximum absolute atomic E-state index is 12.0. The molecule has 0 aliphatic rings. The normalized spacial score (nSPS) is 10.7. The molecule has 5 nitrogen and oxygen atoms in total. The summed E-state index contributed by atoms with van der Waals surface area (Å²) in [4.78, 5) is 16.4. The highest BCUT2D eigenvalue weighted by atomic mass is 35.5. The van der Waals surface area contributed by atoms with Crippen LogP contribution in [0.3, 0.4) is 0 Å². The van der Waals surface area contributed by atoms with E-state index in [-0.39, 0.29) is 0 Å². The van der Waals surface area contributed by atoms with Gasteiger partial charge in [0.1, 0.15) is 5.01 Å². The molecule has 0 atom stereocenters. The molecule has 0 spiro atoms. The summed E-state index contributed by atoms with van der Waals surface area (Å²) in [5.74, 6) is -0.427.